The maximum absolute atomic E-state index is 13.1. The summed E-state index contributed by atoms with van der Waals surface area (Å²) in [6, 6.07) is 9.04. The molecular weight excluding hydrogens is 354 g/mol. The van der Waals surface area contributed by atoms with Gasteiger partial charge in [-0.3, -0.25) is 9.59 Å². The van der Waals surface area contributed by atoms with Gasteiger partial charge in [-0.15, -0.1) is 0 Å². The molecule has 0 aromatic heterocycles. The van der Waals surface area contributed by atoms with Gasteiger partial charge < -0.3 is 14.9 Å². The summed E-state index contributed by atoms with van der Waals surface area (Å²) in [6.07, 6.45) is 7.51. The fraction of sp³-hybridized carbons (Fsp3) is 0.500. The van der Waals surface area contributed by atoms with E-state index in [4.69, 9.17) is 5.26 Å². The van der Waals surface area contributed by atoms with Crippen LogP contribution in [0.1, 0.15) is 41.6 Å². The number of allylic oxidation sites excluding steroid dienone is 2. The second-order valence-electron chi connectivity index (χ2n) is 7.47. The maximum atomic E-state index is 13.1. The lowest BCUT2D eigenvalue weighted by Gasteiger charge is -2.42. The topological polar surface area (TPSA) is 84.6 Å². The fourth-order valence-electron chi connectivity index (χ4n) is 4.07. The van der Waals surface area contributed by atoms with Gasteiger partial charge >= 0.3 is 0 Å². The third-order valence-corrected chi connectivity index (χ3v) is 5.59. The van der Waals surface area contributed by atoms with Crippen LogP contribution in [0.4, 0.5) is 0 Å². The summed E-state index contributed by atoms with van der Waals surface area (Å²) >= 11 is 0. The van der Waals surface area contributed by atoms with Crippen molar-refractivity contribution in [3.8, 4) is 6.07 Å². The number of aliphatic hydroxyl groups is 1. The number of hydrogen-bond donors (Lipinski definition) is 1. The predicted molar refractivity (Wildman–Crippen MR) is 105 cm³/mol. The van der Waals surface area contributed by atoms with Crippen molar-refractivity contribution in [2.75, 3.05) is 26.2 Å². The van der Waals surface area contributed by atoms with Gasteiger partial charge in [-0.2, -0.15) is 5.26 Å². The van der Waals surface area contributed by atoms with Gasteiger partial charge in [-0.05, 0) is 43.4 Å². The van der Waals surface area contributed by atoms with Crippen LogP contribution in [-0.2, 0) is 11.2 Å². The molecule has 1 saturated heterocycles. The Balaban J connectivity index is 1.71. The molecule has 148 valence electrons. The number of nitriles is 1. The van der Waals surface area contributed by atoms with Crippen molar-refractivity contribution in [2.24, 2.45) is 5.92 Å². The van der Waals surface area contributed by atoms with Crippen molar-refractivity contribution in [1.29, 1.82) is 5.26 Å². The lowest BCUT2D eigenvalue weighted by molar-refractivity contribution is -0.138. The van der Waals surface area contributed by atoms with E-state index >= 15 is 0 Å². The number of piperazine rings is 1. The van der Waals surface area contributed by atoms with Crippen molar-refractivity contribution in [1.82, 2.24) is 9.80 Å². The Morgan fingerprint density at radius 3 is 2.82 bits per heavy atom. The molecule has 1 fully saturated rings. The molecule has 2 aliphatic rings. The minimum absolute atomic E-state index is 0.0306. The van der Waals surface area contributed by atoms with E-state index in [1.54, 1.807) is 23.1 Å². The van der Waals surface area contributed by atoms with E-state index in [0.717, 1.165) is 24.8 Å². The number of aliphatic hydroxyl groups excluding tert-OH is 1. The van der Waals surface area contributed by atoms with Gasteiger partial charge in [0.2, 0.25) is 5.91 Å². The molecule has 0 spiro atoms. The number of rotatable bonds is 5. The van der Waals surface area contributed by atoms with Crippen LogP contribution in [0.15, 0.2) is 36.4 Å². The zero-order chi connectivity index (χ0) is 19.9. The molecule has 0 saturated carbocycles. The van der Waals surface area contributed by atoms with Crippen LogP contribution >= 0.6 is 0 Å². The summed E-state index contributed by atoms with van der Waals surface area (Å²) in [6.45, 7) is 1.41. The van der Waals surface area contributed by atoms with E-state index in [2.05, 4.69) is 18.2 Å². The molecule has 1 aliphatic heterocycles. The summed E-state index contributed by atoms with van der Waals surface area (Å²) < 4.78 is 0. The number of carbonyl (C=O) groups is 2. The van der Waals surface area contributed by atoms with Crippen molar-refractivity contribution in [3.63, 3.8) is 0 Å². The molecular formula is C22H27N3O3. The predicted octanol–water partition coefficient (Wildman–Crippen LogP) is 2.14. The molecule has 2 amide bonds. The lowest BCUT2D eigenvalue weighted by Crippen LogP contribution is -2.57. The SMILES string of the molecule is N#CCc1cccc(C(=O)N2CCN(C(=O)C3CC=CCC3)CC2CCO)c1. The largest absolute Gasteiger partial charge is 0.396 e. The van der Waals surface area contributed by atoms with Crippen molar-refractivity contribution < 1.29 is 14.7 Å². The summed E-state index contributed by atoms with van der Waals surface area (Å²) in [5, 5.41) is 18.4. The van der Waals surface area contributed by atoms with Gasteiger partial charge in [0.05, 0.1) is 18.5 Å². The molecule has 6 heteroatoms. The molecule has 2 atom stereocenters. The number of benzene rings is 1. The summed E-state index contributed by atoms with van der Waals surface area (Å²) in [7, 11) is 0. The first-order valence-electron chi connectivity index (χ1n) is 9.95. The third kappa shape index (κ3) is 4.60. The van der Waals surface area contributed by atoms with E-state index in [1.165, 1.54) is 0 Å². The minimum atomic E-state index is -0.200. The van der Waals surface area contributed by atoms with Crippen molar-refractivity contribution >= 4 is 11.8 Å². The third-order valence-electron chi connectivity index (χ3n) is 5.59. The normalized spacial score (nSPS) is 22.0. The minimum Gasteiger partial charge on any atom is -0.396 e. The average molecular weight is 381 g/mol. The van der Waals surface area contributed by atoms with E-state index in [-0.39, 0.29) is 36.8 Å². The highest BCUT2D eigenvalue weighted by Crippen LogP contribution is 2.24. The Bertz CT molecular complexity index is 783. The molecule has 6 nitrogen and oxygen atoms in total. The van der Waals surface area contributed by atoms with Gasteiger partial charge in [-0.1, -0.05) is 24.3 Å². The van der Waals surface area contributed by atoms with Crippen LogP contribution in [-0.4, -0.2) is 59.0 Å². The zero-order valence-electron chi connectivity index (χ0n) is 16.1. The van der Waals surface area contributed by atoms with Crippen molar-refractivity contribution in [3.05, 3.63) is 47.5 Å². The second kappa shape index (κ2) is 9.52. The van der Waals surface area contributed by atoms with Gasteiger partial charge in [0, 0.05) is 37.7 Å². The molecule has 0 bridgehead atoms. The van der Waals surface area contributed by atoms with Crippen LogP contribution in [0.3, 0.4) is 0 Å². The Kier molecular flexibility index (Phi) is 6.83. The highest BCUT2D eigenvalue weighted by Gasteiger charge is 2.34. The first-order chi connectivity index (χ1) is 13.6. The first-order valence-corrected chi connectivity index (χ1v) is 9.95. The molecule has 1 aliphatic carbocycles. The fourth-order valence-corrected chi connectivity index (χ4v) is 4.07. The van der Waals surface area contributed by atoms with Crippen LogP contribution < -0.4 is 0 Å². The van der Waals surface area contributed by atoms with E-state index in [1.807, 2.05) is 11.0 Å². The first kappa shape index (κ1) is 20.1. The Morgan fingerprint density at radius 1 is 1.25 bits per heavy atom. The lowest BCUT2D eigenvalue weighted by atomic mass is 9.92. The Hall–Kier alpha value is -2.65. The van der Waals surface area contributed by atoms with E-state index in [0.29, 0.717) is 31.6 Å². The van der Waals surface area contributed by atoms with Crippen LogP contribution in [0.2, 0.25) is 0 Å². The number of hydrogen-bond acceptors (Lipinski definition) is 4. The Labute approximate surface area is 166 Å². The van der Waals surface area contributed by atoms with Gasteiger partial charge in [0.25, 0.3) is 5.91 Å². The molecule has 1 N–H and O–H groups in total. The highest BCUT2D eigenvalue weighted by molar-refractivity contribution is 5.95. The highest BCUT2D eigenvalue weighted by atomic mass is 16.3. The van der Waals surface area contributed by atoms with Crippen LogP contribution in [0, 0.1) is 17.2 Å². The van der Waals surface area contributed by atoms with Crippen LogP contribution in [0.5, 0.6) is 0 Å². The summed E-state index contributed by atoms with van der Waals surface area (Å²) in [5.74, 6) is 0.0889. The number of nitrogens with zero attached hydrogens (tertiary/aromatic N) is 3. The smallest absolute Gasteiger partial charge is 0.254 e. The molecule has 2 unspecified atom stereocenters. The summed E-state index contributed by atoms with van der Waals surface area (Å²) in [5.41, 5.74) is 1.36. The van der Waals surface area contributed by atoms with Crippen LogP contribution in [0.25, 0.3) is 0 Å². The number of carbonyl (C=O) groups excluding carboxylic acids is 2. The van der Waals surface area contributed by atoms with E-state index < -0.39 is 0 Å². The second-order valence-corrected chi connectivity index (χ2v) is 7.47. The molecule has 28 heavy (non-hydrogen) atoms. The zero-order valence-corrected chi connectivity index (χ0v) is 16.1. The molecule has 0 radical (unpaired) electrons. The average Bonchev–Trinajstić information content (AvgIpc) is 2.74. The Morgan fingerprint density at radius 2 is 2.11 bits per heavy atom. The molecule has 1 aromatic rings. The van der Waals surface area contributed by atoms with Gasteiger partial charge in [-0.25, -0.2) is 0 Å². The van der Waals surface area contributed by atoms with Gasteiger partial charge in [0.15, 0.2) is 0 Å². The standard InChI is InChI=1S/C22H27N3O3/c23-11-9-17-5-4-8-19(15-17)22(28)25-13-12-24(16-20(25)10-14-26)21(27)18-6-2-1-3-7-18/h1-2,4-5,8,15,18,20,26H,3,6-7,9-10,12-14,16H2. The van der Waals surface area contributed by atoms with Gasteiger partial charge in [0.1, 0.15) is 0 Å². The molecule has 1 heterocycles. The summed E-state index contributed by atoms with van der Waals surface area (Å²) in [4.78, 5) is 29.6. The quantitative estimate of drug-likeness (QED) is 0.792. The molecule has 1 aromatic carbocycles. The van der Waals surface area contributed by atoms with E-state index in [9.17, 15) is 14.7 Å². The molecule has 3 rings (SSSR count). The number of amides is 2. The monoisotopic (exact) mass is 381 g/mol. The van der Waals surface area contributed by atoms with Crippen molar-refractivity contribution in [2.45, 2.75) is 38.1 Å². The maximum Gasteiger partial charge on any atom is 0.254 e.